The molecule has 0 aliphatic heterocycles. The highest BCUT2D eigenvalue weighted by molar-refractivity contribution is 7.09. The van der Waals surface area contributed by atoms with Gasteiger partial charge in [-0.2, -0.15) is 0 Å². The van der Waals surface area contributed by atoms with E-state index in [-0.39, 0.29) is 24.3 Å². The summed E-state index contributed by atoms with van der Waals surface area (Å²) in [7, 11) is -1.73. The number of hydrogen-bond donors (Lipinski definition) is 4. The van der Waals surface area contributed by atoms with Crippen molar-refractivity contribution in [3.63, 3.8) is 0 Å². The van der Waals surface area contributed by atoms with Crippen LogP contribution in [0.5, 0.6) is 0 Å². The normalized spacial score (nSPS) is 11.8. The number of aryl methyl sites for hydroxylation is 1. The van der Waals surface area contributed by atoms with Crippen molar-refractivity contribution in [2.45, 2.75) is 31.6 Å². The van der Waals surface area contributed by atoms with E-state index in [0.717, 1.165) is 6.42 Å². The van der Waals surface area contributed by atoms with E-state index in [4.69, 9.17) is 5.11 Å². The molecule has 4 N–H and O–H groups in total. The summed E-state index contributed by atoms with van der Waals surface area (Å²) in [5, 5.41) is 32.6. The molecular formula is C17H20BNO5S. The van der Waals surface area contributed by atoms with Gasteiger partial charge in [0.1, 0.15) is 0 Å². The third-order valence-corrected chi connectivity index (χ3v) is 4.68. The molecule has 132 valence electrons. The molecule has 0 aliphatic carbocycles. The van der Waals surface area contributed by atoms with Gasteiger partial charge in [-0.3, -0.25) is 4.79 Å². The van der Waals surface area contributed by atoms with Crippen LogP contribution in [0.1, 0.15) is 33.6 Å². The van der Waals surface area contributed by atoms with E-state index >= 15 is 0 Å². The number of rotatable bonds is 9. The summed E-state index contributed by atoms with van der Waals surface area (Å²) in [6.45, 7) is 0. The molecule has 0 radical (unpaired) electrons. The van der Waals surface area contributed by atoms with Crippen LogP contribution in [0, 0.1) is 0 Å². The Morgan fingerprint density at radius 3 is 2.64 bits per heavy atom. The molecule has 0 bridgehead atoms. The minimum atomic E-state index is -1.73. The summed E-state index contributed by atoms with van der Waals surface area (Å²) < 4.78 is 0. The quantitative estimate of drug-likeness (QED) is 0.507. The number of carboxylic acids is 1. The summed E-state index contributed by atoms with van der Waals surface area (Å²) in [4.78, 5) is 24.2. The summed E-state index contributed by atoms with van der Waals surface area (Å²) in [5.74, 6) is -2.21. The Morgan fingerprint density at radius 2 is 2.00 bits per heavy atom. The lowest BCUT2D eigenvalue weighted by Crippen LogP contribution is -2.47. The molecule has 1 atom stereocenters. The molecule has 25 heavy (non-hydrogen) atoms. The van der Waals surface area contributed by atoms with Crippen molar-refractivity contribution in [3.8, 4) is 0 Å². The molecule has 1 aromatic carbocycles. The Labute approximate surface area is 150 Å². The van der Waals surface area contributed by atoms with Crippen LogP contribution in [0.3, 0.4) is 0 Å². The fraction of sp³-hybridized carbons (Fsp3) is 0.294. The Bertz CT molecular complexity index is 705. The highest BCUT2D eigenvalue weighted by Gasteiger charge is 2.25. The van der Waals surface area contributed by atoms with Crippen molar-refractivity contribution in [3.05, 3.63) is 57.8 Å². The molecule has 8 heteroatoms. The molecule has 1 aromatic heterocycles. The lowest BCUT2D eigenvalue weighted by molar-refractivity contribution is -0.121. The van der Waals surface area contributed by atoms with Crippen molar-refractivity contribution in [1.82, 2.24) is 5.32 Å². The SMILES string of the molecule is O=C(CCCc1cccs1)NC(Cc1cccc(C(=O)O)c1)B(O)O. The van der Waals surface area contributed by atoms with Gasteiger partial charge < -0.3 is 20.5 Å². The van der Waals surface area contributed by atoms with Crippen molar-refractivity contribution >= 4 is 30.3 Å². The third-order valence-electron chi connectivity index (χ3n) is 3.74. The Balaban J connectivity index is 1.88. The minimum absolute atomic E-state index is 0.117. The average molecular weight is 361 g/mol. The first kappa shape index (κ1) is 19.2. The molecular weight excluding hydrogens is 341 g/mol. The van der Waals surface area contributed by atoms with Gasteiger partial charge in [-0.15, -0.1) is 11.3 Å². The van der Waals surface area contributed by atoms with E-state index in [0.29, 0.717) is 12.0 Å². The van der Waals surface area contributed by atoms with Crippen molar-refractivity contribution < 1.29 is 24.7 Å². The molecule has 0 spiro atoms. The number of thiophene rings is 1. The molecule has 2 rings (SSSR count). The largest absolute Gasteiger partial charge is 0.478 e. The molecule has 1 unspecified atom stereocenters. The van der Waals surface area contributed by atoms with Gasteiger partial charge in [0.05, 0.1) is 11.5 Å². The maximum absolute atomic E-state index is 12.0. The number of nitrogens with one attached hydrogen (secondary N) is 1. The first-order chi connectivity index (χ1) is 12.0. The zero-order valence-corrected chi connectivity index (χ0v) is 14.4. The number of carboxylic acid groups (broad SMARTS) is 1. The zero-order chi connectivity index (χ0) is 18.2. The van der Waals surface area contributed by atoms with Crippen LogP contribution in [0.25, 0.3) is 0 Å². The predicted molar refractivity (Wildman–Crippen MR) is 96.5 cm³/mol. The standard InChI is InChI=1S/C17H20BNO5S/c20-16(8-2-6-14-7-3-9-25-14)19-15(18(23)24)11-12-4-1-5-13(10-12)17(21)22/h1,3-5,7,9-10,15,23-24H,2,6,8,11H2,(H,19,20)(H,21,22). The van der Waals surface area contributed by atoms with Crippen LogP contribution in [-0.2, 0) is 17.6 Å². The molecule has 0 fully saturated rings. The monoisotopic (exact) mass is 361 g/mol. The van der Waals surface area contributed by atoms with Crippen molar-refractivity contribution in [2.75, 3.05) is 0 Å². The van der Waals surface area contributed by atoms with E-state index in [1.807, 2.05) is 17.5 Å². The van der Waals surface area contributed by atoms with Crippen LogP contribution < -0.4 is 5.32 Å². The highest BCUT2D eigenvalue weighted by atomic mass is 32.1. The average Bonchev–Trinajstić information content (AvgIpc) is 3.07. The van der Waals surface area contributed by atoms with Crippen LogP contribution in [0.4, 0.5) is 0 Å². The van der Waals surface area contributed by atoms with Gasteiger partial charge in [-0.05, 0) is 48.4 Å². The Morgan fingerprint density at radius 1 is 1.20 bits per heavy atom. The number of carbonyl (C=O) groups is 2. The van der Waals surface area contributed by atoms with Crippen molar-refractivity contribution in [1.29, 1.82) is 0 Å². The first-order valence-corrected chi connectivity index (χ1v) is 8.84. The second-order valence-electron chi connectivity index (χ2n) is 5.73. The molecule has 6 nitrogen and oxygen atoms in total. The number of carbonyl (C=O) groups excluding carboxylic acids is 1. The molecule has 0 saturated heterocycles. The number of hydrogen-bond acceptors (Lipinski definition) is 5. The minimum Gasteiger partial charge on any atom is -0.478 e. The van der Waals surface area contributed by atoms with E-state index < -0.39 is 19.0 Å². The molecule has 0 aliphatic rings. The number of aromatic carboxylic acids is 1. The molecule has 1 amide bonds. The fourth-order valence-corrected chi connectivity index (χ4v) is 3.22. The van der Waals surface area contributed by atoms with Crippen LogP contribution in [-0.4, -0.2) is 40.1 Å². The predicted octanol–water partition coefficient (Wildman–Crippen LogP) is 1.51. The topological polar surface area (TPSA) is 107 Å². The Kier molecular flexibility index (Phi) is 7.18. The van der Waals surface area contributed by atoms with Crippen LogP contribution in [0.2, 0.25) is 0 Å². The fourth-order valence-electron chi connectivity index (χ4n) is 2.47. The second-order valence-corrected chi connectivity index (χ2v) is 6.76. The smallest absolute Gasteiger partial charge is 0.475 e. The summed E-state index contributed by atoms with van der Waals surface area (Å²) >= 11 is 1.64. The van der Waals surface area contributed by atoms with Gasteiger partial charge >= 0.3 is 13.1 Å². The number of benzene rings is 1. The second kappa shape index (κ2) is 9.36. The highest BCUT2D eigenvalue weighted by Crippen LogP contribution is 2.12. The lowest BCUT2D eigenvalue weighted by Gasteiger charge is -2.18. The van der Waals surface area contributed by atoms with Gasteiger partial charge in [0.25, 0.3) is 0 Å². The molecule has 0 saturated carbocycles. The summed E-state index contributed by atoms with van der Waals surface area (Å²) in [6.07, 6.45) is 1.90. The number of amides is 1. The van der Waals surface area contributed by atoms with Gasteiger partial charge in [-0.25, -0.2) is 4.79 Å². The van der Waals surface area contributed by atoms with E-state index in [9.17, 15) is 19.6 Å². The van der Waals surface area contributed by atoms with E-state index in [1.165, 1.54) is 17.0 Å². The zero-order valence-electron chi connectivity index (χ0n) is 13.6. The Hall–Kier alpha value is -2.16. The molecule has 1 heterocycles. The van der Waals surface area contributed by atoms with Gasteiger partial charge in [-0.1, -0.05) is 18.2 Å². The van der Waals surface area contributed by atoms with E-state index in [1.54, 1.807) is 23.5 Å². The molecule has 2 aromatic rings. The van der Waals surface area contributed by atoms with Gasteiger partial charge in [0.15, 0.2) is 0 Å². The summed E-state index contributed by atoms with van der Waals surface area (Å²) in [6, 6.07) is 10.2. The summed E-state index contributed by atoms with van der Waals surface area (Å²) in [5.41, 5.74) is 0.725. The van der Waals surface area contributed by atoms with Crippen molar-refractivity contribution in [2.24, 2.45) is 0 Å². The van der Waals surface area contributed by atoms with Gasteiger partial charge in [0, 0.05) is 11.3 Å². The van der Waals surface area contributed by atoms with E-state index in [2.05, 4.69) is 5.32 Å². The first-order valence-electron chi connectivity index (χ1n) is 7.96. The lowest BCUT2D eigenvalue weighted by atomic mass is 9.75. The maximum Gasteiger partial charge on any atom is 0.475 e. The van der Waals surface area contributed by atoms with Crippen LogP contribution in [0.15, 0.2) is 41.8 Å². The van der Waals surface area contributed by atoms with Gasteiger partial charge in [0.2, 0.25) is 5.91 Å². The third kappa shape index (κ3) is 6.34. The maximum atomic E-state index is 12.0. The van der Waals surface area contributed by atoms with Crippen LogP contribution >= 0.6 is 11.3 Å².